The average Bonchev–Trinajstić information content (AvgIpc) is 3.06. The topological polar surface area (TPSA) is 46.4 Å². The summed E-state index contributed by atoms with van der Waals surface area (Å²) < 4.78 is 7.61. The predicted molar refractivity (Wildman–Crippen MR) is 113 cm³/mol. The zero-order chi connectivity index (χ0) is 19.1. The minimum atomic E-state index is 0.844. The van der Waals surface area contributed by atoms with Crippen molar-refractivity contribution in [3.05, 3.63) is 54.9 Å². The Morgan fingerprint density at radius 1 is 0.893 bits per heavy atom. The lowest BCUT2D eigenvalue weighted by Crippen LogP contribution is -2.47. The van der Waals surface area contributed by atoms with Crippen molar-refractivity contribution in [3.63, 3.8) is 0 Å². The number of ether oxygens (including phenoxy) is 1. The summed E-state index contributed by atoms with van der Waals surface area (Å²) in [4.78, 5) is 14.1. The molecular formula is C22H23N5O. The molecule has 0 N–H and O–H groups in total. The van der Waals surface area contributed by atoms with Crippen molar-refractivity contribution >= 4 is 33.4 Å². The smallest absolute Gasteiger partial charge is 0.156 e. The molecular weight excluding hydrogens is 350 g/mol. The van der Waals surface area contributed by atoms with Crippen LogP contribution in [-0.4, -0.2) is 47.8 Å². The van der Waals surface area contributed by atoms with E-state index in [0.717, 1.165) is 59.7 Å². The van der Waals surface area contributed by atoms with E-state index >= 15 is 0 Å². The van der Waals surface area contributed by atoms with Crippen LogP contribution in [0.5, 0.6) is 5.75 Å². The van der Waals surface area contributed by atoms with Gasteiger partial charge in [-0.15, -0.1) is 0 Å². The molecule has 3 heterocycles. The minimum absolute atomic E-state index is 0.844. The average molecular weight is 373 g/mol. The summed E-state index contributed by atoms with van der Waals surface area (Å²) in [6.07, 6.45) is 1.68. The maximum absolute atomic E-state index is 5.41. The molecule has 142 valence electrons. The third-order valence-corrected chi connectivity index (χ3v) is 5.66. The highest BCUT2D eigenvalue weighted by molar-refractivity contribution is 6.09. The zero-order valence-corrected chi connectivity index (χ0v) is 16.2. The van der Waals surface area contributed by atoms with E-state index in [-0.39, 0.29) is 0 Å². The maximum atomic E-state index is 5.41. The lowest BCUT2D eigenvalue weighted by Gasteiger charge is -2.36. The molecule has 4 aromatic rings. The minimum Gasteiger partial charge on any atom is -0.497 e. The van der Waals surface area contributed by atoms with Crippen LogP contribution in [0.1, 0.15) is 0 Å². The van der Waals surface area contributed by atoms with E-state index in [1.54, 1.807) is 13.4 Å². The summed E-state index contributed by atoms with van der Waals surface area (Å²) >= 11 is 0. The van der Waals surface area contributed by atoms with E-state index in [1.807, 2.05) is 6.07 Å². The molecule has 0 spiro atoms. The molecule has 2 aromatic heterocycles. The van der Waals surface area contributed by atoms with Gasteiger partial charge in [0, 0.05) is 44.3 Å². The van der Waals surface area contributed by atoms with Crippen molar-refractivity contribution in [2.45, 2.75) is 0 Å². The summed E-state index contributed by atoms with van der Waals surface area (Å²) in [5.74, 6) is 1.85. The van der Waals surface area contributed by atoms with Crippen LogP contribution < -0.4 is 14.5 Å². The molecule has 1 aliphatic heterocycles. The van der Waals surface area contributed by atoms with Gasteiger partial charge in [-0.25, -0.2) is 9.97 Å². The monoisotopic (exact) mass is 373 g/mol. The molecule has 0 radical (unpaired) electrons. The van der Waals surface area contributed by atoms with Gasteiger partial charge >= 0.3 is 0 Å². The van der Waals surface area contributed by atoms with E-state index in [9.17, 15) is 0 Å². The van der Waals surface area contributed by atoms with Gasteiger partial charge in [-0.05, 0) is 30.3 Å². The SMILES string of the molecule is COc1ccc2c(c1)c1ncnc(N3CCN(c4ccccc4)CC3)c1n2C. The second kappa shape index (κ2) is 6.71. The zero-order valence-electron chi connectivity index (χ0n) is 16.2. The normalized spacial score (nSPS) is 14.8. The first-order chi connectivity index (χ1) is 13.8. The highest BCUT2D eigenvalue weighted by Gasteiger charge is 2.23. The number of hydrogen-bond acceptors (Lipinski definition) is 5. The van der Waals surface area contributed by atoms with Crippen LogP contribution >= 0.6 is 0 Å². The molecule has 6 nitrogen and oxygen atoms in total. The first-order valence-electron chi connectivity index (χ1n) is 9.58. The first kappa shape index (κ1) is 16.9. The number of nitrogens with zero attached hydrogens (tertiary/aromatic N) is 5. The molecule has 1 fully saturated rings. The van der Waals surface area contributed by atoms with E-state index in [2.05, 4.69) is 73.8 Å². The standard InChI is InChI=1S/C22H23N5O/c1-25-19-9-8-17(28-2)14-18(19)20-21(25)22(24-15-23-20)27-12-10-26(11-13-27)16-6-4-3-5-7-16/h3-9,14-15H,10-13H2,1-2H3. The predicted octanol–water partition coefficient (Wildman–Crippen LogP) is 3.46. The van der Waals surface area contributed by atoms with Gasteiger partial charge in [-0.2, -0.15) is 0 Å². The van der Waals surface area contributed by atoms with Crippen LogP contribution in [-0.2, 0) is 7.05 Å². The summed E-state index contributed by atoms with van der Waals surface area (Å²) in [6, 6.07) is 16.7. The van der Waals surface area contributed by atoms with Crippen molar-refractivity contribution < 1.29 is 4.74 Å². The van der Waals surface area contributed by atoms with Gasteiger partial charge in [0.1, 0.15) is 23.1 Å². The Bertz CT molecular complexity index is 1130. The summed E-state index contributed by atoms with van der Waals surface area (Å²) in [5, 5.41) is 1.10. The third kappa shape index (κ3) is 2.64. The number of piperazine rings is 1. The lowest BCUT2D eigenvalue weighted by atomic mass is 10.2. The highest BCUT2D eigenvalue weighted by atomic mass is 16.5. The molecule has 0 amide bonds. The molecule has 1 aliphatic rings. The molecule has 0 saturated carbocycles. The molecule has 6 heteroatoms. The van der Waals surface area contributed by atoms with E-state index in [0.29, 0.717) is 0 Å². The molecule has 2 aromatic carbocycles. The number of anilines is 2. The van der Waals surface area contributed by atoms with Crippen molar-refractivity contribution in [2.24, 2.45) is 7.05 Å². The van der Waals surface area contributed by atoms with Crippen LogP contribution in [0.4, 0.5) is 11.5 Å². The third-order valence-electron chi connectivity index (χ3n) is 5.66. The number of hydrogen-bond donors (Lipinski definition) is 0. The van der Waals surface area contributed by atoms with Crippen LogP contribution in [0, 0.1) is 0 Å². The number of aryl methyl sites for hydroxylation is 1. The number of methoxy groups -OCH3 is 1. The second-order valence-electron chi connectivity index (χ2n) is 7.15. The summed E-state index contributed by atoms with van der Waals surface area (Å²) in [6.45, 7) is 3.83. The van der Waals surface area contributed by atoms with Gasteiger partial charge in [-0.3, -0.25) is 0 Å². The Kier molecular flexibility index (Phi) is 4.04. The Hall–Kier alpha value is -3.28. The van der Waals surface area contributed by atoms with Crippen LogP contribution in [0.25, 0.3) is 21.9 Å². The summed E-state index contributed by atoms with van der Waals surface area (Å²) in [5.41, 5.74) is 4.48. The Morgan fingerprint density at radius 2 is 1.64 bits per heavy atom. The second-order valence-corrected chi connectivity index (χ2v) is 7.15. The number of aromatic nitrogens is 3. The Balaban J connectivity index is 1.52. The molecule has 0 atom stereocenters. The van der Waals surface area contributed by atoms with Gasteiger partial charge in [0.15, 0.2) is 5.82 Å². The summed E-state index contributed by atoms with van der Waals surface area (Å²) in [7, 11) is 3.78. The Morgan fingerprint density at radius 3 is 2.39 bits per heavy atom. The van der Waals surface area contributed by atoms with Crippen molar-refractivity contribution in [3.8, 4) is 5.75 Å². The Labute approximate surface area is 164 Å². The largest absolute Gasteiger partial charge is 0.497 e. The van der Waals surface area contributed by atoms with Crippen LogP contribution in [0.2, 0.25) is 0 Å². The number of fused-ring (bicyclic) bond motifs is 3. The fourth-order valence-electron chi connectivity index (χ4n) is 4.17. The van der Waals surface area contributed by atoms with E-state index < -0.39 is 0 Å². The van der Waals surface area contributed by atoms with Gasteiger partial charge in [0.05, 0.1) is 12.6 Å². The quantitative estimate of drug-likeness (QED) is 0.550. The number of benzene rings is 2. The van der Waals surface area contributed by atoms with E-state index in [1.165, 1.54) is 5.69 Å². The highest BCUT2D eigenvalue weighted by Crippen LogP contribution is 2.34. The molecule has 28 heavy (non-hydrogen) atoms. The first-order valence-corrected chi connectivity index (χ1v) is 9.58. The lowest BCUT2D eigenvalue weighted by molar-refractivity contribution is 0.415. The van der Waals surface area contributed by atoms with Crippen molar-refractivity contribution in [1.29, 1.82) is 0 Å². The van der Waals surface area contributed by atoms with Gasteiger partial charge in [0.2, 0.25) is 0 Å². The molecule has 5 rings (SSSR count). The maximum Gasteiger partial charge on any atom is 0.156 e. The molecule has 0 bridgehead atoms. The van der Waals surface area contributed by atoms with Gasteiger partial charge in [0.25, 0.3) is 0 Å². The van der Waals surface area contributed by atoms with Crippen molar-refractivity contribution in [1.82, 2.24) is 14.5 Å². The fourth-order valence-corrected chi connectivity index (χ4v) is 4.17. The number of para-hydroxylation sites is 1. The van der Waals surface area contributed by atoms with Crippen LogP contribution in [0.3, 0.4) is 0 Å². The number of rotatable bonds is 3. The molecule has 0 aliphatic carbocycles. The van der Waals surface area contributed by atoms with Crippen LogP contribution in [0.15, 0.2) is 54.9 Å². The van der Waals surface area contributed by atoms with Gasteiger partial charge < -0.3 is 19.1 Å². The molecule has 0 unspecified atom stereocenters. The fraction of sp³-hybridized carbons (Fsp3) is 0.273. The van der Waals surface area contributed by atoms with Gasteiger partial charge in [-0.1, -0.05) is 18.2 Å². The van der Waals surface area contributed by atoms with E-state index in [4.69, 9.17) is 4.74 Å². The molecule has 1 saturated heterocycles. The van der Waals surface area contributed by atoms with Crippen molar-refractivity contribution in [2.75, 3.05) is 43.1 Å².